The molecule has 0 aliphatic heterocycles. The molecule has 0 bridgehead atoms. The lowest BCUT2D eigenvalue weighted by Gasteiger charge is -2.09. The fourth-order valence-electron chi connectivity index (χ4n) is 1.01. The van der Waals surface area contributed by atoms with Crippen molar-refractivity contribution < 1.29 is 0 Å². The van der Waals surface area contributed by atoms with Crippen molar-refractivity contribution in [2.24, 2.45) is 0 Å². The van der Waals surface area contributed by atoms with Crippen LogP contribution in [0.2, 0.25) is 0 Å². The molecule has 0 atom stereocenters. The van der Waals surface area contributed by atoms with Gasteiger partial charge in [-0.3, -0.25) is 0 Å². The molecule has 74 valence electrons. The summed E-state index contributed by atoms with van der Waals surface area (Å²) in [6.07, 6.45) is 0. The van der Waals surface area contributed by atoms with Crippen LogP contribution in [0, 0.1) is 0 Å². The molecule has 0 fully saturated rings. The Balaban J connectivity index is 2.70. The van der Waals surface area contributed by atoms with E-state index < -0.39 is 3.79 Å². The van der Waals surface area contributed by atoms with Crippen molar-refractivity contribution in [2.75, 3.05) is 5.73 Å². The molecule has 0 spiro atoms. The molecule has 2 aromatic rings. The van der Waals surface area contributed by atoms with E-state index in [2.05, 4.69) is 9.97 Å². The number of nitrogens with two attached hydrogens (primary N) is 1. The van der Waals surface area contributed by atoms with Crippen molar-refractivity contribution in [1.29, 1.82) is 0 Å². The Morgan fingerprint density at radius 3 is 2.64 bits per heavy atom. The largest absolute Gasteiger partial charge is 0.383 e. The lowest BCUT2D eigenvalue weighted by molar-refractivity contribution is 1.01. The average molecular weight is 269 g/mol. The Morgan fingerprint density at radius 2 is 2.00 bits per heavy atom. The molecule has 0 aliphatic rings. The highest BCUT2D eigenvalue weighted by Gasteiger charge is 2.27. The Kier molecular flexibility index (Phi) is 2.47. The molecule has 3 nitrogen and oxygen atoms in total. The first-order valence-corrected chi connectivity index (χ1v) is 5.58. The van der Waals surface area contributed by atoms with E-state index >= 15 is 0 Å². The van der Waals surface area contributed by atoms with Gasteiger partial charge in [0.2, 0.25) is 3.79 Å². The summed E-state index contributed by atoms with van der Waals surface area (Å²) in [5.74, 6) is 0.438. The van der Waals surface area contributed by atoms with Crippen LogP contribution >= 0.6 is 46.1 Å². The van der Waals surface area contributed by atoms with Gasteiger partial charge in [-0.2, -0.15) is 0 Å². The minimum atomic E-state index is -1.63. The molecule has 0 saturated carbocycles. The van der Waals surface area contributed by atoms with E-state index in [9.17, 15) is 0 Å². The third-order valence-electron chi connectivity index (χ3n) is 1.61. The van der Waals surface area contributed by atoms with Crippen LogP contribution in [0.3, 0.4) is 0 Å². The number of alkyl halides is 3. The van der Waals surface area contributed by atoms with E-state index in [4.69, 9.17) is 40.5 Å². The highest BCUT2D eigenvalue weighted by Crippen LogP contribution is 2.37. The van der Waals surface area contributed by atoms with E-state index in [1.807, 2.05) is 11.4 Å². The molecule has 7 heteroatoms. The molecular weight excluding hydrogens is 265 g/mol. The van der Waals surface area contributed by atoms with Gasteiger partial charge in [-0.15, -0.1) is 11.3 Å². The molecule has 0 radical (unpaired) electrons. The van der Waals surface area contributed by atoms with Gasteiger partial charge in [0.1, 0.15) is 10.6 Å². The minimum absolute atomic E-state index is 0.106. The topological polar surface area (TPSA) is 51.8 Å². The van der Waals surface area contributed by atoms with Gasteiger partial charge in [0, 0.05) is 0 Å². The third kappa shape index (κ3) is 1.75. The molecule has 0 saturated heterocycles. The van der Waals surface area contributed by atoms with Crippen molar-refractivity contribution in [2.45, 2.75) is 3.79 Å². The molecule has 0 unspecified atom stereocenters. The molecule has 2 rings (SSSR count). The molecule has 2 heterocycles. The maximum Gasteiger partial charge on any atom is 0.250 e. The Bertz CT molecular complexity index is 476. The Labute approximate surface area is 98.8 Å². The fourth-order valence-corrected chi connectivity index (χ4v) is 2.03. The zero-order valence-electron chi connectivity index (χ0n) is 6.67. The van der Waals surface area contributed by atoms with Crippen LogP contribution in [0.4, 0.5) is 5.82 Å². The summed E-state index contributed by atoms with van der Waals surface area (Å²) in [5.41, 5.74) is 5.68. The number of aromatic nitrogens is 2. The van der Waals surface area contributed by atoms with Crippen molar-refractivity contribution in [3.8, 4) is 0 Å². The first kappa shape index (κ1) is 10.2. The summed E-state index contributed by atoms with van der Waals surface area (Å²) >= 11 is 18.4. The van der Waals surface area contributed by atoms with Crippen LogP contribution < -0.4 is 5.73 Å². The molecule has 14 heavy (non-hydrogen) atoms. The predicted molar refractivity (Wildman–Crippen MR) is 61.1 cm³/mol. The standard InChI is InChI=1S/C7H4Cl3N3S/c8-7(9,10)6-12-4(11)3-1-2-14-5(3)13-6/h1-2H,(H2,11,12,13). The second-order valence-corrected chi connectivity index (χ2v) is 5.75. The van der Waals surface area contributed by atoms with E-state index in [1.165, 1.54) is 11.3 Å². The summed E-state index contributed by atoms with van der Waals surface area (Å²) in [6.45, 7) is 0. The number of rotatable bonds is 0. The highest BCUT2D eigenvalue weighted by molar-refractivity contribution is 7.16. The zero-order chi connectivity index (χ0) is 10.3. The lowest BCUT2D eigenvalue weighted by atomic mass is 10.4. The second kappa shape index (κ2) is 3.38. The lowest BCUT2D eigenvalue weighted by Crippen LogP contribution is -2.08. The number of halogens is 3. The summed E-state index contributed by atoms with van der Waals surface area (Å²) < 4.78 is -1.63. The van der Waals surface area contributed by atoms with E-state index in [1.54, 1.807) is 0 Å². The predicted octanol–water partition coefficient (Wildman–Crippen LogP) is 3.10. The number of nitrogen functional groups attached to an aromatic ring is 1. The second-order valence-electron chi connectivity index (χ2n) is 2.57. The summed E-state index contributed by atoms with van der Waals surface area (Å²) in [4.78, 5) is 8.74. The first-order chi connectivity index (χ1) is 6.48. The van der Waals surface area contributed by atoms with Gasteiger partial charge in [0.15, 0.2) is 5.82 Å². The van der Waals surface area contributed by atoms with E-state index in [0.717, 1.165) is 10.2 Å². The number of thiophene rings is 1. The maximum absolute atomic E-state index is 5.68. The molecule has 0 aliphatic carbocycles. The van der Waals surface area contributed by atoms with Crippen molar-refractivity contribution in [3.05, 3.63) is 17.3 Å². The zero-order valence-corrected chi connectivity index (χ0v) is 9.75. The number of fused-ring (bicyclic) bond motifs is 1. The number of anilines is 1. The fraction of sp³-hybridized carbons (Fsp3) is 0.143. The van der Waals surface area contributed by atoms with Crippen molar-refractivity contribution in [1.82, 2.24) is 9.97 Å². The summed E-state index contributed by atoms with van der Waals surface area (Å²) in [6, 6.07) is 1.83. The van der Waals surface area contributed by atoms with E-state index in [-0.39, 0.29) is 5.82 Å². The van der Waals surface area contributed by atoms with Gasteiger partial charge >= 0.3 is 0 Å². The average Bonchev–Trinajstić information content (AvgIpc) is 2.50. The van der Waals surface area contributed by atoms with E-state index in [0.29, 0.717) is 5.82 Å². The monoisotopic (exact) mass is 267 g/mol. The summed E-state index contributed by atoms with van der Waals surface area (Å²) in [7, 11) is 0. The Morgan fingerprint density at radius 1 is 1.29 bits per heavy atom. The van der Waals surface area contributed by atoms with Gasteiger partial charge in [-0.05, 0) is 11.4 Å². The number of hydrogen-bond donors (Lipinski definition) is 1. The Hall–Kier alpha value is -0.290. The van der Waals surface area contributed by atoms with Crippen molar-refractivity contribution >= 4 is 62.2 Å². The van der Waals surface area contributed by atoms with Gasteiger partial charge in [0.25, 0.3) is 0 Å². The number of hydrogen-bond acceptors (Lipinski definition) is 4. The molecule has 2 N–H and O–H groups in total. The van der Waals surface area contributed by atoms with Gasteiger partial charge in [-0.25, -0.2) is 9.97 Å². The van der Waals surface area contributed by atoms with Crippen LogP contribution in [0.5, 0.6) is 0 Å². The van der Waals surface area contributed by atoms with Gasteiger partial charge < -0.3 is 5.73 Å². The van der Waals surface area contributed by atoms with Crippen LogP contribution in [-0.4, -0.2) is 9.97 Å². The molecular formula is C7H4Cl3N3S. The smallest absolute Gasteiger partial charge is 0.250 e. The molecule has 2 aromatic heterocycles. The minimum Gasteiger partial charge on any atom is -0.383 e. The van der Waals surface area contributed by atoms with Crippen molar-refractivity contribution in [3.63, 3.8) is 0 Å². The highest BCUT2D eigenvalue weighted by atomic mass is 35.6. The van der Waals surface area contributed by atoms with Gasteiger partial charge in [-0.1, -0.05) is 34.8 Å². The summed E-state index contributed by atoms with van der Waals surface area (Å²) in [5, 5.41) is 2.64. The molecule has 0 amide bonds. The normalized spacial score (nSPS) is 12.2. The SMILES string of the molecule is Nc1nc(C(Cl)(Cl)Cl)nc2sccc12. The molecule has 0 aromatic carbocycles. The van der Waals surface area contributed by atoms with Crippen LogP contribution in [-0.2, 0) is 3.79 Å². The quantitative estimate of drug-likeness (QED) is 0.747. The third-order valence-corrected chi connectivity index (χ3v) is 2.92. The first-order valence-electron chi connectivity index (χ1n) is 3.56. The van der Waals surface area contributed by atoms with Crippen LogP contribution in [0.1, 0.15) is 5.82 Å². The number of nitrogens with zero attached hydrogens (tertiary/aromatic N) is 2. The van der Waals surface area contributed by atoms with Crippen LogP contribution in [0.25, 0.3) is 10.2 Å². The maximum atomic E-state index is 5.68. The van der Waals surface area contributed by atoms with Gasteiger partial charge in [0.05, 0.1) is 5.39 Å². The van der Waals surface area contributed by atoms with Crippen LogP contribution in [0.15, 0.2) is 11.4 Å².